The molecular weight excluding hydrogens is 372 g/mol. The number of nitrogens with one attached hydrogen (secondary N) is 2. The monoisotopic (exact) mass is 397 g/mol. The van der Waals surface area contributed by atoms with Crippen molar-refractivity contribution in [1.82, 2.24) is 14.5 Å². The molecule has 0 amide bonds. The van der Waals surface area contributed by atoms with Gasteiger partial charge in [-0.25, -0.2) is 4.98 Å². The van der Waals surface area contributed by atoms with Crippen molar-refractivity contribution in [2.24, 2.45) is 10.7 Å². The number of aliphatic hydroxyl groups is 3. The van der Waals surface area contributed by atoms with Gasteiger partial charge in [-0.15, -0.1) is 0 Å². The molecule has 1 spiro atoms. The Bertz CT molecular complexity index is 819. The first-order chi connectivity index (χ1) is 13.0. The number of aromatic nitrogens is 2. The Hall–Kier alpha value is -1.47. The molecule has 2 saturated heterocycles. The maximum atomic E-state index is 11.0. The number of anilines is 1. The summed E-state index contributed by atoms with van der Waals surface area (Å²) in [5.41, 5.74) is 4.35. The Balaban J connectivity index is 1.52. The molecule has 4 rings (SSSR count). The highest BCUT2D eigenvalue weighted by Crippen LogP contribution is 2.62. The highest BCUT2D eigenvalue weighted by Gasteiger charge is 2.92. The lowest BCUT2D eigenvalue weighted by atomic mass is 10.1. The van der Waals surface area contributed by atoms with Crippen LogP contribution in [-0.4, -0.2) is 75.5 Å². The quantitative estimate of drug-likeness (QED) is 0.153. The van der Waals surface area contributed by atoms with Crippen molar-refractivity contribution in [3.63, 3.8) is 0 Å². The fourth-order valence-electron chi connectivity index (χ4n) is 4.04. The van der Waals surface area contributed by atoms with E-state index in [0.717, 1.165) is 32.2 Å². The zero-order valence-electron chi connectivity index (χ0n) is 14.8. The van der Waals surface area contributed by atoms with Crippen LogP contribution in [0.25, 0.3) is 0 Å². The van der Waals surface area contributed by atoms with Gasteiger partial charge < -0.3 is 31.1 Å². The first kappa shape index (κ1) is 18.9. The van der Waals surface area contributed by atoms with Crippen LogP contribution < -0.4 is 15.5 Å². The number of fused-ring (bicyclic) bond motifs is 5. The van der Waals surface area contributed by atoms with Crippen molar-refractivity contribution in [3.05, 3.63) is 4.64 Å². The van der Waals surface area contributed by atoms with Gasteiger partial charge in [-0.3, -0.25) is 4.98 Å². The summed E-state index contributed by atoms with van der Waals surface area (Å²) in [6, 6.07) is 0. The smallest absolute Gasteiger partial charge is 0.325 e. The van der Waals surface area contributed by atoms with Crippen LogP contribution in [-0.2, 0) is 4.74 Å². The van der Waals surface area contributed by atoms with Crippen molar-refractivity contribution >= 4 is 36.0 Å². The van der Waals surface area contributed by atoms with Gasteiger partial charge in [0.05, 0.1) is 6.61 Å². The van der Waals surface area contributed by atoms with Crippen LogP contribution in [0.5, 0.6) is 0 Å². The predicted octanol–water partition coefficient (Wildman–Crippen LogP) is -0.169. The number of quaternary nitrogens is 1. The van der Waals surface area contributed by atoms with Gasteiger partial charge in [-0.05, 0) is 19.4 Å². The molecule has 0 saturated carbocycles. The van der Waals surface area contributed by atoms with Crippen LogP contribution in [0, 0.1) is 4.64 Å². The number of aromatic amines is 1. The molecule has 148 valence electrons. The number of rotatable bonds is 8. The fourth-order valence-corrected chi connectivity index (χ4v) is 4.28. The minimum absolute atomic E-state index is 0.183. The number of H-pyrrole nitrogens is 1. The van der Waals surface area contributed by atoms with Crippen molar-refractivity contribution in [2.45, 2.75) is 49.8 Å². The Morgan fingerprint density at radius 2 is 2.15 bits per heavy atom. The summed E-state index contributed by atoms with van der Waals surface area (Å²) >= 11 is 5.34. The molecular formula is C16H25N6O4S+. The lowest BCUT2D eigenvalue weighted by molar-refractivity contribution is -0.0790. The summed E-state index contributed by atoms with van der Waals surface area (Å²) in [4.78, 5) is 11.8. The Kier molecular flexibility index (Phi) is 4.79. The molecule has 2 fully saturated rings. The molecule has 0 aliphatic carbocycles. The van der Waals surface area contributed by atoms with Crippen LogP contribution >= 0.6 is 12.2 Å². The van der Waals surface area contributed by atoms with Crippen LogP contribution in [0.15, 0.2) is 4.99 Å². The van der Waals surface area contributed by atoms with E-state index in [4.69, 9.17) is 22.7 Å². The molecule has 5 atom stereocenters. The lowest BCUT2D eigenvalue weighted by Gasteiger charge is -2.23. The third kappa shape index (κ3) is 2.58. The molecule has 1 aromatic rings. The summed E-state index contributed by atoms with van der Waals surface area (Å²) in [6.45, 7) is 1.07. The van der Waals surface area contributed by atoms with Gasteiger partial charge in [0.25, 0.3) is 6.23 Å². The molecule has 27 heavy (non-hydrogen) atoms. The molecule has 3 aliphatic rings. The summed E-state index contributed by atoms with van der Waals surface area (Å²) < 4.78 is 5.76. The third-order valence-electron chi connectivity index (χ3n) is 5.57. The number of hydrogen-bond acceptors (Lipinski definition) is 9. The van der Waals surface area contributed by atoms with E-state index in [1.54, 1.807) is 0 Å². The van der Waals surface area contributed by atoms with Crippen molar-refractivity contribution in [3.8, 4) is 0 Å². The van der Waals surface area contributed by atoms with Gasteiger partial charge in [-0.2, -0.15) is 9.48 Å². The molecule has 0 aromatic carbocycles. The molecule has 3 aliphatic heterocycles. The first-order valence-electron chi connectivity index (χ1n) is 9.20. The second-order valence-electron chi connectivity index (χ2n) is 7.18. The van der Waals surface area contributed by atoms with E-state index in [9.17, 15) is 15.3 Å². The third-order valence-corrected chi connectivity index (χ3v) is 5.85. The molecule has 1 aromatic heterocycles. The first-order valence-corrected chi connectivity index (χ1v) is 9.61. The van der Waals surface area contributed by atoms with E-state index in [1.165, 1.54) is 6.34 Å². The van der Waals surface area contributed by atoms with Gasteiger partial charge in [-0.1, -0.05) is 25.1 Å². The Morgan fingerprint density at radius 3 is 2.81 bits per heavy atom. The number of ether oxygens (including phenoxy) is 1. The fraction of sp³-hybridized carbons (Fsp3) is 0.688. The standard InChI is InChI=1S/C16H24N6O4S/c17-5-3-1-2-4-6-18-15-20-12-10(13(27)21-15)19-8-22(12)14-16(22,25)11(24)9(7-23)26-14/h8-9,11,14,23-25H,1-7,17H2,(H-,18,20,21,27)/p+1/t9-,11+,14-,16+,22?/m1/s1. The van der Waals surface area contributed by atoms with E-state index < -0.39 is 24.2 Å². The Morgan fingerprint density at radius 1 is 1.37 bits per heavy atom. The minimum Gasteiger partial charge on any atom is -0.394 e. The molecule has 0 bridgehead atoms. The van der Waals surface area contributed by atoms with Gasteiger partial charge in [0, 0.05) is 6.54 Å². The number of aliphatic hydroxyl groups excluding tert-OH is 2. The second kappa shape index (κ2) is 6.85. The molecule has 7 N–H and O–H groups in total. The molecule has 10 nitrogen and oxygen atoms in total. The maximum absolute atomic E-state index is 11.0. The van der Waals surface area contributed by atoms with Gasteiger partial charge >= 0.3 is 5.72 Å². The molecule has 1 unspecified atom stereocenters. The van der Waals surface area contributed by atoms with Crippen LogP contribution in [0.3, 0.4) is 0 Å². The summed E-state index contributed by atoms with van der Waals surface area (Å²) in [5, 5.41) is 33.9. The van der Waals surface area contributed by atoms with E-state index >= 15 is 0 Å². The topological polar surface area (TPSA) is 149 Å². The normalized spacial score (nSPS) is 35.5. The number of unbranched alkanes of at least 4 members (excludes halogenated alkanes) is 3. The van der Waals surface area contributed by atoms with Crippen LogP contribution in [0.1, 0.15) is 25.7 Å². The van der Waals surface area contributed by atoms with Gasteiger partial charge in [0.15, 0.2) is 16.4 Å². The van der Waals surface area contributed by atoms with E-state index in [1.807, 2.05) is 0 Å². The zero-order chi connectivity index (χ0) is 19.2. The summed E-state index contributed by atoms with van der Waals surface area (Å²) in [5.74, 6) is 1.02. The minimum atomic E-state index is -1.60. The molecule has 4 heterocycles. The number of hydrogen-bond donors (Lipinski definition) is 6. The van der Waals surface area contributed by atoms with Gasteiger partial charge in [0.2, 0.25) is 18.1 Å². The highest BCUT2D eigenvalue weighted by molar-refractivity contribution is 7.71. The van der Waals surface area contributed by atoms with Crippen molar-refractivity contribution in [1.29, 1.82) is 0 Å². The van der Waals surface area contributed by atoms with Crippen molar-refractivity contribution in [2.75, 3.05) is 25.0 Å². The van der Waals surface area contributed by atoms with Crippen LogP contribution in [0.2, 0.25) is 0 Å². The highest BCUT2D eigenvalue weighted by atomic mass is 32.1. The summed E-state index contributed by atoms with van der Waals surface area (Å²) in [7, 11) is 0. The largest absolute Gasteiger partial charge is 0.394 e. The van der Waals surface area contributed by atoms with E-state index in [0.29, 0.717) is 28.6 Å². The van der Waals surface area contributed by atoms with E-state index in [2.05, 4.69) is 20.3 Å². The zero-order valence-corrected chi connectivity index (χ0v) is 15.7. The number of aliphatic imine (C=N–C) groups is 1. The average Bonchev–Trinajstić information content (AvgIpc) is 2.90. The average molecular weight is 397 g/mol. The lowest BCUT2D eigenvalue weighted by Crippen LogP contribution is -2.50. The van der Waals surface area contributed by atoms with Gasteiger partial charge in [0.1, 0.15) is 6.10 Å². The maximum Gasteiger partial charge on any atom is 0.325 e. The number of nitrogens with zero attached hydrogens (tertiary/aromatic N) is 3. The second-order valence-corrected chi connectivity index (χ2v) is 7.56. The number of nitrogens with two attached hydrogens (primary N) is 1. The van der Waals surface area contributed by atoms with E-state index in [-0.39, 0.29) is 11.1 Å². The Labute approximate surface area is 161 Å². The molecule has 11 heteroatoms. The molecule has 0 radical (unpaired) electrons. The van der Waals surface area contributed by atoms with Crippen molar-refractivity contribution < 1.29 is 20.1 Å². The SMILES string of the molecule is NCCCCCCNc1nc(=S)c2c([nH]1)[N+]1(C=N2)[C@@H]2O[C@H](CO)[C@H](O)[C@]21O. The summed E-state index contributed by atoms with van der Waals surface area (Å²) in [6.07, 6.45) is 2.87. The predicted molar refractivity (Wildman–Crippen MR) is 102 cm³/mol. The van der Waals surface area contributed by atoms with Crippen LogP contribution in [0.4, 0.5) is 17.5 Å².